The highest BCUT2D eigenvalue weighted by Crippen LogP contribution is 2.36. The average Bonchev–Trinajstić information content (AvgIpc) is 2.51. The van der Waals surface area contributed by atoms with E-state index in [1.807, 2.05) is 0 Å². The van der Waals surface area contributed by atoms with Gasteiger partial charge in [-0.05, 0) is 56.4 Å². The second-order valence-corrected chi connectivity index (χ2v) is 7.03. The zero-order valence-electron chi connectivity index (χ0n) is 13.7. The normalized spacial score (nSPS) is 33.0. The lowest BCUT2D eigenvalue weighted by molar-refractivity contribution is 0.0223. The van der Waals surface area contributed by atoms with Gasteiger partial charge >= 0.3 is 0 Å². The molecule has 1 aliphatic carbocycles. The maximum atomic E-state index is 5.75. The Balaban J connectivity index is 1.86. The van der Waals surface area contributed by atoms with Crippen LogP contribution in [0, 0.1) is 17.8 Å². The molecule has 1 heterocycles. The molecule has 0 aromatic carbocycles. The van der Waals surface area contributed by atoms with Crippen molar-refractivity contribution in [2.45, 2.75) is 77.7 Å². The topological polar surface area (TPSA) is 21.3 Å². The van der Waals surface area contributed by atoms with Gasteiger partial charge in [-0.25, -0.2) is 0 Å². The van der Waals surface area contributed by atoms with Gasteiger partial charge in [0.05, 0.1) is 6.61 Å². The number of hydrogen-bond donors (Lipinski definition) is 1. The smallest absolute Gasteiger partial charge is 0.0509 e. The van der Waals surface area contributed by atoms with Crippen molar-refractivity contribution >= 4 is 0 Å². The number of ether oxygens (including phenoxy) is 1. The summed E-state index contributed by atoms with van der Waals surface area (Å²) in [4.78, 5) is 0. The molecule has 0 amide bonds. The first-order valence-corrected chi connectivity index (χ1v) is 9.16. The van der Waals surface area contributed by atoms with Crippen molar-refractivity contribution in [1.82, 2.24) is 5.32 Å². The summed E-state index contributed by atoms with van der Waals surface area (Å²) in [6.07, 6.45) is 12.5. The first kappa shape index (κ1) is 16.3. The molecule has 20 heavy (non-hydrogen) atoms. The molecule has 0 radical (unpaired) electrons. The summed E-state index contributed by atoms with van der Waals surface area (Å²) in [5, 5.41) is 3.88. The van der Waals surface area contributed by atoms with Gasteiger partial charge in [0, 0.05) is 12.6 Å². The van der Waals surface area contributed by atoms with Crippen LogP contribution in [-0.2, 0) is 4.74 Å². The first-order chi connectivity index (χ1) is 9.85. The summed E-state index contributed by atoms with van der Waals surface area (Å²) < 4.78 is 5.75. The molecular weight excluding hydrogens is 246 g/mol. The quantitative estimate of drug-likeness (QED) is 0.747. The zero-order valence-corrected chi connectivity index (χ0v) is 13.7. The monoisotopic (exact) mass is 281 g/mol. The predicted octanol–water partition coefficient (Wildman–Crippen LogP) is 4.39. The highest BCUT2D eigenvalue weighted by atomic mass is 16.5. The van der Waals surface area contributed by atoms with Gasteiger partial charge < -0.3 is 10.1 Å². The molecule has 0 spiro atoms. The minimum absolute atomic E-state index is 0.720. The van der Waals surface area contributed by atoms with Crippen molar-refractivity contribution < 1.29 is 4.74 Å². The van der Waals surface area contributed by atoms with Crippen LogP contribution in [0.2, 0.25) is 0 Å². The average molecular weight is 281 g/mol. The van der Waals surface area contributed by atoms with E-state index < -0.39 is 0 Å². The van der Waals surface area contributed by atoms with Gasteiger partial charge in [-0.2, -0.15) is 0 Å². The molecular formula is C18H35NO. The lowest BCUT2D eigenvalue weighted by atomic mass is 9.73. The van der Waals surface area contributed by atoms with Crippen molar-refractivity contribution in [3.63, 3.8) is 0 Å². The third-order valence-corrected chi connectivity index (χ3v) is 5.43. The molecule has 1 N–H and O–H groups in total. The van der Waals surface area contributed by atoms with Gasteiger partial charge in [0.25, 0.3) is 0 Å². The van der Waals surface area contributed by atoms with Gasteiger partial charge in [-0.1, -0.05) is 39.5 Å². The predicted molar refractivity (Wildman–Crippen MR) is 86.0 cm³/mol. The van der Waals surface area contributed by atoms with E-state index in [1.165, 1.54) is 64.3 Å². The Morgan fingerprint density at radius 1 is 1.00 bits per heavy atom. The molecule has 2 atom stereocenters. The maximum Gasteiger partial charge on any atom is 0.0509 e. The summed E-state index contributed by atoms with van der Waals surface area (Å²) in [5.74, 6) is 2.69. The van der Waals surface area contributed by atoms with E-state index in [0.717, 1.165) is 37.0 Å². The SMILES string of the molecule is CCCNC(C1CCC(CCC)CC1)C1CCCOC1. The minimum atomic E-state index is 0.720. The van der Waals surface area contributed by atoms with Crippen molar-refractivity contribution in [1.29, 1.82) is 0 Å². The van der Waals surface area contributed by atoms with Crippen molar-refractivity contribution in [2.24, 2.45) is 17.8 Å². The molecule has 0 bridgehead atoms. The van der Waals surface area contributed by atoms with Crippen molar-refractivity contribution in [3.05, 3.63) is 0 Å². The van der Waals surface area contributed by atoms with Crippen LogP contribution in [0.4, 0.5) is 0 Å². The summed E-state index contributed by atoms with van der Waals surface area (Å²) in [5.41, 5.74) is 0. The van der Waals surface area contributed by atoms with Gasteiger partial charge in [0.1, 0.15) is 0 Å². The minimum Gasteiger partial charge on any atom is -0.381 e. The van der Waals surface area contributed by atoms with E-state index in [-0.39, 0.29) is 0 Å². The fourth-order valence-corrected chi connectivity index (χ4v) is 4.32. The standard InChI is InChI=1S/C18H35NO/c1-3-6-15-8-10-16(11-9-15)18(19-12-4-2)17-7-5-13-20-14-17/h15-19H,3-14H2,1-2H3. The Bertz CT molecular complexity index is 242. The number of nitrogens with one attached hydrogen (secondary N) is 1. The lowest BCUT2D eigenvalue weighted by Crippen LogP contribution is -2.46. The largest absolute Gasteiger partial charge is 0.381 e. The van der Waals surface area contributed by atoms with Gasteiger partial charge in [-0.15, -0.1) is 0 Å². The van der Waals surface area contributed by atoms with Gasteiger partial charge in [0.2, 0.25) is 0 Å². The van der Waals surface area contributed by atoms with Crippen molar-refractivity contribution in [3.8, 4) is 0 Å². The summed E-state index contributed by atoms with van der Waals surface area (Å²) in [6.45, 7) is 7.77. The molecule has 1 saturated carbocycles. The van der Waals surface area contributed by atoms with Gasteiger partial charge in [-0.3, -0.25) is 0 Å². The van der Waals surface area contributed by atoms with Crippen LogP contribution in [-0.4, -0.2) is 25.8 Å². The van der Waals surface area contributed by atoms with Gasteiger partial charge in [0.15, 0.2) is 0 Å². The van der Waals surface area contributed by atoms with E-state index in [2.05, 4.69) is 19.2 Å². The number of hydrogen-bond acceptors (Lipinski definition) is 2. The van der Waals surface area contributed by atoms with E-state index >= 15 is 0 Å². The maximum absolute atomic E-state index is 5.75. The van der Waals surface area contributed by atoms with Crippen LogP contribution in [0.25, 0.3) is 0 Å². The molecule has 2 rings (SSSR count). The molecule has 2 heteroatoms. The molecule has 1 saturated heterocycles. The van der Waals surface area contributed by atoms with E-state index in [0.29, 0.717) is 0 Å². The summed E-state index contributed by atoms with van der Waals surface area (Å²) in [6, 6.07) is 0.720. The highest BCUT2D eigenvalue weighted by Gasteiger charge is 2.33. The fraction of sp³-hybridized carbons (Fsp3) is 1.00. The second kappa shape index (κ2) is 9.04. The third kappa shape index (κ3) is 4.73. The molecule has 2 unspecified atom stereocenters. The summed E-state index contributed by atoms with van der Waals surface area (Å²) >= 11 is 0. The lowest BCUT2D eigenvalue weighted by Gasteiger charge is -2.40. The second-order valence-electron chi connectivity index (χ2n) is 7.03. The highest BCUT2D eigenvalue weighted by molar-refractivity contribution is 4.87. The molecule has 0 aromatic heterocycles. The van der Waals surface area contributed by atoms with Crippen LogP contribution in [0.1, 0.15) is 71.6 Å². The van der Waals surface area contributed by atoms with Crippen LogP contribution in [0.15, 0.2) is 0 Å². The summed E-state index contributed by atoms with van der Waals surface area (Å²) in [7, 11) is 0. The first-order valence-electron chi connectivity index (χ1n) is 9.16. The Morgan fingerprint density at radius 2 is 1.80 bits per heavy atom. The zero-order chi connectivity index (χ0) is 14.2. The van der Waals surface area contributed by atoms with Crippen LogP contribution >= 0.6 is 0 Å². The van der Waals surface area contributed by atoms with E-state index in [9.17, 15) is 0 Å². The van der Waals surface area contributed by atoms with Crippen LogP contribution in [0.5, 0.6) is 0 Å². The molecule has 0 aromatic rings. The Kier molecular flexibility index (Phi) is 7.37. The van der Waals surface area contributed by atoms with E-state index in [1.54, 1.807) is 0 Å². The Morgan fingerprint density at radius 3 is 2.40 bits per heavy atom. The molecule has 1 aliphatic heterocycles. The Hall–Kier alpha value is -0.0800. The molecule has 2 fully saturated rings. The molecule has 118 valence electrons. The van der Waals surface area contributed by atoms with Crippen LogP contribution < -0.4 is 5.32 Å². The molecule has 2 aliphatic rings. The Labute approximate surface area is 126 Å². The number of rotatable bonds is 7. The van der Waals surface area contributed by atoms with Crippen LogP contribution in [0.3, 0.4) is 0 Å². The van der Waals surface area contributed by atoms with Crippen molar-refractivity contribution in [2.75, 3.05) is 19.8 Å². The third-order valence-electron chi connectivity index (χ3n) is 5.43. The fourth-order valence-electron chi connectivity index (χ4n) is 4.32. The molecule has 2 nitrogen and oxygen atoms in total. The van der Waals surface area contributed by atoms with E-state index in [4.69, 9.17) is 4.74 Å².